The lowest BCUT2D eigenvalue weighted by molar-refractivity contribution is 1.29. The average molecular weight is 111 g/mol. The number of nitrogens with zero attached hydrogens (tertiary/aromatic N) is 2. The van der Waals surface area contributed by atoms with E-state index < -0.39 is 0 Å². The fraction of sp³-hybridized carbons (Fsp3) is 0.200. The van der Waals surface area contributed by atoms with Crippen LogP contribution in [-0.4, -0.2) is 12.7 Å². The molecule has 0 bridgehead atoms. The van der Waals surface area contributed by atoms with Gasteiger partial charge in [0.15, 0.2) is 0 Å². The summed E-state index contributed by atoms with van der Waals surface area (Å²) < 4.78 is 0. The zero-order chi connectivity index (χ0) is 6.57. The summed E-state index contributed by atoms with van der Waals surface area (Å²) in [4.78, 5) is 7.01. The van der Waals surface area contributed by atoms with Crippen molar-refractivity contribution in [1.29, 1.82) is 0 Å². The quantitative estimate of drug-likeness (QED) is 0.389. The van der Waals surface area contributed by atoms with Crippen LogP contribution in [0.2, 0.25) is 0 Å². The summed E-state index contributed by atoms with van der Waals surface area (Å²) in [5, 5.41) is 0. The first-order valence-electron chi connectivity index (χ1n) is 2.13. The SMILES string of the molecule is C=NC(N)=NC(=C)C. The number of guanidine groups is 1. The molecule has 0 aliphatic heterocycles. The molecular weight excluding hydrogens is 102 g/mol. The van der Waals surface area contributed by atoms with E-state index in [4.69, 9.17) is 5.73 Å². The van der Waals surface area contributed by atoms with Gasteiger partial charge in [0.05, 0.1) is 0 Å². The summed E-state index contributed by atoms with van der Waals surface area (Å²) >= 11 is 0. The third-order valence-electron chi connectivity index (χ3n) is 0.467. The third kappa shape index (κ3) is 3.08. The molecule has 0 fully saturated rings. The van der Waals surface area contributed by atoms with Gasteiger partial charge in [0.1, 0.15) is 0 Å². The zero-order valence-corrected chi connectivity index (χ0v) is 4.89. The van der Waals surface area contributed by atoms with E-state index in [1.165, 1.54) is 0 Å². The van der Waals surface area contributed by atoms with Gasteiger partial charge in [-0.05, 0) is 13.6 Å². The van der Waals surface area contributed by atoms with Crippen molar-refractivity contribution in [3.8, 4) is 0 Å². The molecule has 8 heavy (non-hydrogen) atoms. The summed E-state index contributed by atoms with van der Waals surface area (Å²) in [6.07, 6.45) is 0. The highest BCUT2D eigenvalue weighted by molar-refractivity contribution is 5.83. The maximum absolute atomic E-state index is 5.13. The summed E-state index contributed by atoms with van der Waals surface area (Å²) in [5.74, 6) is 0.164. The minimum Gasteiger partial charge on any atom is -0.368 e. The van der Waals surface area contributed by atoms with Crippen LogP contribution in [0.5, 0.6) is 0 Å². The standard InChI is InChI=1S/C5H9N3/c1-4(2)8-5(6)7-3/h1,3H2,2H3,(H2,6,8). The van der Waals surface area contributed by atoms with Crippen LogP contribution in [0.4, 0.5) is 0 Å². The molecule has 3 heteroatoms. The molecule has 44 valence electrons. The molecule has 0 spiro atoms. The van der Waals surface area contributed by atoms with Crippen molar-refractivity contribution in [2.24, 2.45) is 15.7 Å². The normalized spacial score (nSPS) is 10.9. The smallest absolute Gasteiger partial charge is 0.219 e. The number of aliphatic imine (C=N–C) groups is 2. The largest absolute Gasteiger partial charge is 0.368 e. The maximum Gasteiger partial charge on any atom is 0.219 e. The van der Waals surface area contributed by atoms with Gasteiger partial charge in [0.2, 0.25) is 5.96 Å². The van der Waals surface area contributed by atoms with Crippen molar-refractivity contribution in [3.63, 3.8) is 0 Å². The van der Waals surface area contributed by atoms with E-state index in [2.05, 4.69) is 23.3 Å². The van der Waals surface area contributed by atoms with Gasteiger partial charge in [-0.2, -0.15) is 0 Å². The van der Waals surface area contributed by atoms with Gasteiger partial charge in [-0.15, -0.1) is 0 Å². The summed E-state index contributed by atoms with van der Waals surface area (Å²) in [6, 6.07) is 0. The van der Waals surface area contributed by atoms with Crippen molar-refractivity contribution in [1.82, 2.24) is 0 Å². The maximum atomic E-state index is 5.13. The number of nitrogens with two attached hydrogens (primary N) is 1. The molecule has 0 saturated carbocycles. The van der Waals surface area contributed by atoms with Crippen LogP contribution in [-0.2, 0) is 0 Å². The first kappa shape index (κ1) is 6.88. The molecule has 0 heterocycles. The Bertz CT molecular complexity index is 135. The van der Waals surface area contributed by atoms with Crippen LogP contribution in [0.15, 0.2) is 22.3 Å². The second-order valence-electron chi connectivity index (χ2n) is 1.36. The van der Waals surface area contributed by atoms with E-state index in [0.717, 1.165) is 0 Å². The highest BCUT2D eigenvalue weighted by Crippen LogP contribution is 1.86. The lowest BCUT2D eigenvalue weighted by atomic mass is 10.6. The molecule has 0 unspecified atom stereocenters. The Labute approximate surface area is 48.6 Å². The molecule has 0 amide bonds. The van der Waals surface area contributed by atoms with Crippen molar-refractivity contribution in [2.45, 2.75) is 6.92 Å². The van der Waals surface area contributed by atoms with Crippen LogP contribution in [0.1, 0.15) is 6.92 Å². The van der Waals surface area contributed by atoms with Gasteiger partial charge < -0.3 is 5.73 Å². The summed E-state index contributed by atoms with van der Waals surface area (Å²) in [5.41, 5.74) is 5.77. The molecule has 0 aromatic rings. The van der Waals surface area contributed by atoms with Gasteiger partial charge >= 0.3 is 0 Å². The van der Waals surface area contributed by atoms with Gasteiger partial charge in [-0.25, -0.2) is 9.98 Å². The molecule has 0 aliphatic carbocycles. The Morgan fingerprint density at radius 3 is 2.25 bits per heavy atom. The second kappa shape index (κ2) is 2.96. The van der Waals surface area contributed by atoms with Crippen LogP contribution in [0, 0.1) is 0 Å². The van der Waals surface area contributed by atoms with Crippen LogP contribution >= 0.6 is 0 Å². The number of hydrogen-bond donors (Lipinski definition) is 1. The van der Waals surface area contributed by atoms with Crippen molar-refractivity contribution < 1.29 is 0 Å². The predicted molar refractivity (Wildman–Crippen MR) is 36.0 cm³/mol. The fourth-order valence-corrected chi connectivity index (χ4v) is 0.231. The first-order chi connectivity index (χ1) is 3.66. The highest BCUT2D eigenvalue weighted by Gasteiger charge is 1.79. The fourth-order valence-electron chi connectivity index (χ4n) is 0.231. The Morgan fingerprint density at radius 2 is 2.12 bits per heavy atom. The summed E-state index contributed by atoms with van der Waals surface area (Å²) in [6.45, 7) is 8.39. The van der Waals surface area contributed by atoms with Crippen molar-refractivity contribution in [3.05, 3.63) is 12.3 Å². The van der Waals surface area contributed by atoms with Gasteiger partial charge in [-0.1, -0.05) is 6.58 Å². The van der Waals surface area contributed by atoms with E-state index in [0.29, 0.717) is 5.70 Å². The Morgan fingerprint density at radius 1 is 1.62 bits per heavy atom. The lowest BCUT2D eigenvalue weighted by Crippen LogP contribution is -2.06. The number of rotatable bonds is 1. The first-order valence-corrected chi connectivity index (χ1v) is 2.13. The summed E-state index contributed by atoms with van der Waals surface area (Å²) in [7, 11) is 0. The van der Waals surface area contributed by atoms with Crippen LogP contribution < -0.4 is 5.73 Å². The van der Waals surface area contributed by atoms with Crippen molar-refractivity contribution in [2.75, 3.05) is 0 Å². The second-order valence-corrected chi connectivity index (χ2v) is 1.36. The molecule has 3 nitrogen and oxygen atoms in total. The number of hydrogen-bond acceptors (Lipinski definition) is 1. The molecule has 0 aromatic carbocycles. The van der Waals surface area contributed by atoms with Gasteiger partial charge in [-0.3, -0.25) is 0 Å². The average Bonchev–Trinajstić information content (AvgIpc) is 1.65. The Kier molecular flexibility index (Phi) is 2.54. The molecule has 0 aliphatic rings. The van der Waals surface area contributed by atoms with E-state index in [9.17, 15) is 0 Å². The van der Waals surface area contributed by atoms with Crippen molar-refractivity contribution >= 4 is 12.7 Å². The molecule has 0 radical (unpaired) electrons. The van der Waals surface area contributed by atoms with E-state index in [1.807, 2.05) is 0 Å². The molecular formula is C5H9N3. The number of allylic oxidation sites excluding steroid dienone is 1. The molecule has 0 atom stereocenters. The molecule has 0 aromatic heterocycles. The van der Waals surface area contributed by atoms with Gasteiger partial charge in [0, 0.05) is 5.70 Å². The van der Waals surface area contributed by atoms with Gasteiger partial charge in [0.25, 0.3) is 0 Å². The predicted octanol–water partition coefficient (Wildman–Crippen LogP) is 0.535. The van der Waals surface area contributed by atoms with E-state index >= 15 is 0 Å². The lowest BCUT2D eigenvalue weighted by Gasteiger charge is -1.87. The van der Waals surface area contributed by atoms with E-state index in [-0.39, 0.29) is 5.96 Å². The topological polar surface area (TPSA) is 50.7 Å². The molecule has 0 saturated heterocycles. The monoisotopic (exact) mass is 111 g/mol. The zero-order valence-electron chi connectivity index (χ0n) is 4.89. The van der Waals surface area contributed by atoms with Crippen LogP contribution in [0.3, 0.4) is 0 Å². The highest BCUT2D eigenvalue weighted by atomic mass is 15.0. The van der Waals surface area contributed by atoms with Crippen LogP contribution in [0.25, 0.3) is 0 Å². The molecule has 0 rings (SSSR count). The van der Waals surface area contributed by atoms with E-state index in [1.54, 1.807) is 6.92 Å². The minimum absolute atomic E-state index is 0.164. The third-order valence-corrected chi connectivity index (χ3v) is 0.467. The Balaban J connectivity index is 3.94. The minimum atomic E-state index is 0.164. The molecule has 2 N–H and O–H groups in total. The Hall–Kier alpha value is -1.12.